The molecule has 1 fully saturated rings. The maximum atomic E-state index is 11.8. The van der Waals surface area contributed by atoms with Crippen LogP contribution in [0, 0.1) is 3.57 Å². The van der Waals surface area contributed by atoms with Crippen molar-refractivity contribution in [3.63, 3.8) is 0 Å². The van der Waals surface area contributed by atoms with Crippen LogP contribution in [0.15, 0.2) is 24.3 Å². The van der Waals surface area contributed by atoms with E-state index in [-0.39, 0.29) is 17.1 Å². The normalized spacial score (nSPS) is 19.8. The number of amides is 1. The third kappa shape index (κ3) is 2.76. The molecule has 1 atom stereocenters. The Morgan fingerprint density at radius 2 is 2.31 bits per heavy atom. The Morgan fingerprint density at radius 3 is 2.94 bits per heavy atom. The van der Waals surface area contributed by atoms with Crippen molar-refractivity contribution in [1.29, 1.82) is 0 Å². The molecule has 1 amide bonds. The van der Waals surface area contributed by atoms with Gasteiger partial charge in [-0.2, -0.15) is 0 Å². The third-order valence-corrected chi connectivity index (χ3v) is 4.01. The van der Waals surface area contributed by atoms with E-state index < -0.39 is 0 Å². The molecule has 3 nitrogen and oxygen atoms in total. The predicted octanol–water partition coefficient (Wildman–Crippen LogP) is 2.05. The van der Waals surface area contributed by atoms with Crippen LogP contribution >= 0.6 is 34.4 Å². The molecule has 0 aliphatic carbocycles. The molecule has 84 valence electrons. The summed E-state index contributed by atoms with van der Waals surface area (Å²) in [5, 5.41) is 2.83. The van der Waals surface area contributed by atoms with Gasteiger partial charge in [-0.05, 0) is 47.2 Å². The van der Waals surface area contributed by atoms with E-state index >= 15 is 0 Å². The van der Waals surface area contributed by atoms with Gasteiger partial charge in [0, 0.05) is 14.9 Å². The van der Waals surface area contributed by atoms with Crippen LogP contribution in [0.3, 0.4) is 0 Å². The van der Waals surface area contributed by atoms with Gasteiger partial charge in [0.1, 0.15) is 0 Å². The Labute approximate surface area is 112 Å². The molecule has 1 aromatic rings. The highest BCUT2D eigenvalue weighted by Crippen LogP contribution is 2.19. The first-order valence-corrected chi connectivity index (χ1v) is 6.96. The Bertz CT molecular complexity index is 436. The first kappa shape index (κ1) is 11.9. The van der Waals surface area contributed by atoms with E-state index in [9.17, 15) is 9.59 Å². The van der Waals surface area contributed by atoms with Crippen molar-refractivity contribution >= 4 is 45.4 Å². The quantitative estimate of drug-likeness (QED) is 0.833. The fraction of sp³-hybridized carbons (Fsp3) is 0.273. The molecule has 0 aromatic heterocycles. The molecular formula is C11H10INO2S. The van der Waals surface area contributed by atoms with E-state index in [1.54, 1.807) is 6.07 Å². The fourth-order valence-electron chi connectivity index (χ4n) is 1.50. The highest BCUT2D eigenvalue weighted by atomic mass is 127. The minimum atomic E-state index is -0.310. The van der Waals surface area contributed by atoms with E-state index in [1.165, 1.54) is 11.8 Å². The lowest BCUT2D eigenvalue weighted by atomic mass is 10.2. The minimum Gasteiger partial charge on any atom is -0.341 e. The molecule has 0 unspecified atom stereocenters. The smallest absolute Gasteiger partial charge is 0.251 e. The molecule has 1 saturated heterocycles. The molecule has 1 aliphatic heterocycles. The second kappa shape index (κ2) is 5.18. The largest absolute Gasteiger partial charge is 0.341 e. The van der Waals surface area contributed by atoms with Crippen LogP contribution in [0.1, 0.15) is 16.8 Å². The van der Waals surface area contributed by atoms with Gasteiger partial charge in [0.25, 0.3) is 5.91 Å². The molecule has 1 aromatic carbocycles. The summed E-state index contributed by atoms with van der Waals surface area (Å²) < 4.78 is 1.01. The second-order valence-electron chi connectivity index (χ2n) is 3.49. The number of carbonyl (C=O) groups excluding carboxylic acids is 2. The Morgan fingerprint density at radius 1 is 1.50 bits per heavy atom. The van der Waals surface area contributed by atoms with Crippen LogP contribution in [0.2, 0.25) is 0 Å². The molecule has 0 radical (unpaired) electrons. The summed E-state index contributed by atoms with van der Waals surface area (Å²) in [6.07, 6.45) is 0.735. The molecule has 0 spiro atoms. The lowest BCUT2D eigenvalue weighted by Crippen LogP contribution is -2.37. The number of hydrogen-bond donors (Lipinski definition) is 1. The van der Waals surface area contributed by atoms with E-state index in [0.29, 0.717) is 5.56 Å². The van der Waals surface area contributed by atoms with Gasteiger partial charge < -0.3 is 5.32 Å². The van der Waals surface area contributed by atoms with Gasteiger partial charge in [-0.15, -0.1) is 0 Å². The first-order chi connectivity index (χ1) is 7.66. The molecule has 2 rings (SSSR count). The van der Waals surface area contributed by atoms with Gasteiger partial charge in [-0.3, -0.25) is 9.59 Å². The number of carbonyl (C=O) groups is 2. The molecule has 0 bridgehead atoms. The summed E-state index contributed by atoms with van der Waals surface area (Å²) in [4.78, 5) is 23.2. The van der Waals surface area contributed by atoms with Gasteiger partial charge in [0.2, 0.25) is 5.12 Å². The van der Waals surface area contributed by atoms with Gasteiger partial charge in [0.05, 0.1) is 6.04 Å². The average Bonchev–Trinajstić information content (AvgIpc) is 2.64. The van der Waals surface area contributed by atoms with Crippen molar-refractivity contribution in [2.24, 2.45) is 0 Å². The summed E-state index contributed by atoms with van der Waals surface area (Å²) >= 11 is 3.45. The molecule has 16 heavy (non-hydrogen) atoms. The van der Waals surface area contributed by atoms with Crippen molar-refractivity contribution in [1.82, 2.24) is 5.32 Å². The van der Waals surface area contributed by atoms with Gasteiger partial charge >= 0.3 is 0 Å². The topological polar surface area (TPSA) is 46.2 Å². The molecule has 0 saturated carbocycles. The van der Waals surface area contributed by atoms with Gasteiger partial charge in [-0.25, -0.2) is 0 Å². The van der Waals surface area contributed by atoms with Gasteiger partial charge in [-0.1, -0.05) is 17.8 Å². The Kier molecular flexibility index (Phi) is 3.86. The van der Waals surface area contributed by atoms with Crippen LogP contribution in [0.25, 0.3) is 0 Å². The van der Waals surface area contributed by atoms with Crippen molar-refractivity contribution < 1.29 is 9.59 Å². The zero-order valence-electron chi connectivity index (χ0n) is 8.40. The van der Waals surface area contributed by atoms with Gasteiger partial charge in [0.15, 0.2) is 0 Å². The fourth-order valence-corrected chi connectivity index (χ4v) is 2.97. The van der Waals surface area contributed by atoms with Crippen LogP contribution in [-0.4, -0.2) is 22.8 Å². The van der Waals surface area contributed by atoms with Crippen LogP contribution in [0.5, 0.6) is 0 Å². The monoisotopic (exact) mass is 347 g/mol. The molecule has 5 heteroatoms. The maximum Gasteiger partial charge on any atom is 0.251 e. The lowest BCUT2D eigenvalue weighted by molar-refractivity contribution is -0.112. The van der Waals surface area contributed by atoms with Crippen molar-refractivity contribution in [2.75, 3.05) is 5.75 Å². The SMILES string of the molecule is O=C(N[C@@H]1CCSC1=O)c1cccc(I)c1. The Balaban J connectivity index is 2.05. The van der Waals surface area contributed by atoms with Crippen molar-refractivity contribution in [3.05, 3.63) is 33.4 Å². The molecule has 1 aliphatic rings. The molecule has 1 heterocycles. The lowest BCUT2D eigenvalue weighted by Gasteiger charge is -2.10. The second-order valence-corrected chi connectivity index (χ2v) is 5.84. The molecular weight excluding hydrogens is 337 g/mol. The summed E-state index contributed by atoms with van der Waals surface area (Å²) in [5.41, 5.74) is 0.608. The molecule has 1 N–H and O–H groups in total. The summed E-state index contributed by atoms with van der Waals surface area (Å²) in [5.74, 6) is 0.634. The zero-order chi connectivity index (χ0) is 11.5. The minimum absolute atomic E-state index is 0.0685. The van der Waals surface area contributed by atoms with Crippen molar-refractivity contribution in [2.45, 2.75) is 12.5 Å². The highest BCUT2D eigenvalue weighted by molar-refractivity contribution is 14.1. The van der Waals surface area contributed by atoms with E-state index in [0.717, 1.165) is 15.7 Å². The van der Waals surface area contributed by atoms with E-state index in [2.05, 4.69) is 27.9 Å². The maximum absolute atomic E-state index is 11.8. The summed E-state index contributed by atoms with van der Waals surface area (Å²) in [6, 6.07) is 7.01. The van der Waals surface area contributed by atoms with Crippen LogP contribution in [-0.2, 0) is 4.79 Å². The number of benzene rings is 1. The standard InChI is InChI=1S/C11H10INO2S/c12-8-3-1-2-7(6-8)10(14)13-9-4-5-16-11(9)15/h1-3,6,9H,4-5H2,(H,13,14)/t9-/m1/s1. The first-order valence-electron chi connectivity index (χ1n) is 4.90. The Hall–Kier alpha value is -0.560. The van der Waals surface area contributed by atoms with Crippen LogP contribution in [0.4, 0.5) is 0 Å². The predicted molar refractivity (Wildman–Crippen MR) is 72.5 cm³/mol. The number of rotatable bonds is 2. The third-order valence-electron chi connectivity index (χ3n) is 2.33. The summed E-state index contributed by atoms with van der Waals surface area (Å²) in [6.45, 7) is 0. The van der Waals surface area contributed by atoms with E-state index in [1.807, 2.05) is 18.2 Å². The number of thioether (sulfide) groups is 1. The van der Waals surface area contributed by atoms with Crippen LogP contribution < -0.4 is 5.32 Å². The van der Waals surface area contributed by atoms with Crippen molar-refractivity contribution in [3.8, 4) is 0 Å². The highest BCUT2D eigenvalue weighted by Gasteiger charge is 2.26. The van der Waals surface area contributed by atoms with E-state index in [4.69, 9.17) is 0 Å². The zero-order valence-corrected chi connectivity index (χ0v) is 11.4. The average molecular weight is 347 g/mol. The summed E-state index contributed by atoms with van der Waals surface area (Å²) in [7, 11) is 0. The number of nitrogens with one attached hydrogen (secondary N) is 1. The number of halogens is 1. The number of hydrogen-bond acceptors (Lipinski definition) is 3.